The Morgan fingerprint density at radius 3 is 2.63 bits per heavy atom. The lowest BCUT2D eigenvalue weighted by atomic mass is 10.0. The summed E-state index contributed by atoms with van der Waals surface area (Å²) >= 11 is 0. The van der Waals surface area contributed by atoms with Crippen molar-refractivity contribution >= 4 is 22.4 Å². The molecule has 0 bridgehead atoms. The molecule has 1 saturated heterocycles. The molecule has 2 aliphatic rings. The van der Waals surface area contributed by atoms with Crippen LogP contribution in [0.15, 0.2) is 17.3 Å². The average molecular weight is 372 g/mol. The molecule has 7 heteroatoms. The number of pyridine rings is 1. The number of anilines is 1. The number of aromatic nitrogens is 1. The van der Waals surface area contributed by atoms with Gasteiger partial charge in [-0.05, 0) is 27.0 Å². The van der Waals surface area contributed by atoms with Gasteiger partial charge >= 0.3 is 0 Å². The molecule has 1 atom stereocenters. The minimum absolute atomic E-state index is 0.0507. The predicted molar refractivity (Wildman–Crippen MR) is 103 cm³/mol. The molecule has 144 valence electrons. The Morgan fingerprint density at radius 2 is 2.00 bits per heavy atom. The summed E-state index contributed by atoms with van der Waals surface area (Å²) in [5, 5.41) is 1.15. The summed E-state index contributed by atoms with van der Waals surface area (Å²) in [6, 6.07) is 1.56. The zero-order valence-electron chi connectivity index (χ0n) is 16.3. The van der Waals surface area contributed by atoms with Crippen LogP contribution in [0, 0.1) is 5.82 Å². The second-order valence-electron chi connectivity index (χ2n) is 7.46. The van der Waals surface area contributed by atoms with Crippen molar-refractivity contribution < 1.29 is 13.9 Å². The number of benzene rings is 1. The van der Waals surface area contributed by atoms with Gasteiger partial charge in [0.2, 0.25) is 0 Å². The van der Waals surface area contributed by atoms with Gasteiger partial charge in [0.05, 0.1) is 22.5 Å². The number of nitrogens with zero attached hydrogens (tertiary/aromatic N) is 4. The van der Waals surface area contributed by atoms with Gasteiger partial charge in [-0.2, -0.15) is 0 Å². The van der Waals surface area contributed by atoms with E-state index < -0.39 is 0 Å². The Kier molecular flexibility index (Phi) is 4.42. The number of hydrogen-bond donors (Lipinski definition) is 0. The van der Waals surface area contributed by atoms with Gasteiger partial charge in [0.15, 0.2) is 17.3 Å². The number of rotatable bonds is 2. The topological polar surface area (TPSA) is 50.1 Å². The zero-order chi connectivity index (χ0) is 19.3. The fourth-order valence-corrected chi connectivity index (χ4v) is 4.04. The number of hydrogen-bond acceptors (Lipinski definition) is 5. The second kappa shape index (κ2) is 6.64. The number of ether oxygens (including phenoxy) is 1. The molecule has 0 unspecified atom stereocenters. The minimum Gasteiger partial charge on any atom is -0.487 e. The number of halogens is 1. The maximum Gasteiger partial charge on any atom is 0.170 e. The molecule has 1 fully saturated rings. The highest BCUT2D eigenvalue weighted by Crippen LogP contribution is 2.42. The molecule has 0 aliphatic carbocycles. The molecule has 0 N–H and O–H groups in total. The molecule has 2 aliphatic heterocycles. The lowest BCUT2D eigenvalue weighted by molar-refractivity contribution is 0.101. The molecule has 4 rings (SSSR count). The number of carbonyl (C=O) groups excluding carboxylic acids is 1. The van der Waals surface area contributed by atoms with Crippen LogP contribution >= 0.6 is 0 Å². The molecule has 2 aromatic rings. The molecule has 0 radical (unpaired) electrons. The van der Waals surface area contributed by atoms with Crippen LogP contribution in [-0.2, 0) is 0 Å². The first-order valence-corrected chi connectivity index (χ1v) is 9.33. The second-order valence-corrected chi connectivity index (χ2v) is 7.46. The van der Waals surface area contributed by atoms with E-state index in [1.54, 1.807) is 7.05 Å². The van der Waals surface area contributed by atoms with E-state index in [4.69, 9.17) is 4.74 Å². The summed E-state index contributed by atoms with van der Waals surface area (Å²) in [5.41, 5.74) is 1.85. The van der Waals surface area contributed by atoms with E-state index in [1.807, 2.05) is 17.7 Å². The Hall–Kier alpha value is -2.41. The lowest BCUT2D eigenvalue weighted by Crippen LogP contribution is -2.45. The standard InChI is InChI=1S/C20H25FN4O2/c1-12-11-27-20-18-14(17(22-3)15(13(2)26)10-25(12)18)9-16(21)19(20)24-7-5-23(4)6-8-24/h9-10,12H,5-8,11H2,1-4H3/t12-/m0/s1. The molecule has 27 heavy (non-hydrogen) atoms. The van der Waals surface area contributed by atoms with Crippen molar-refractivity contribution in [2.45, 2.75) is 19.9 Å². The summed E-state index contributed by atoms with van der Waals surface area (Å²) in [5.74, 6) is 0.159. The molecule has 0 amide bonds. The monoisotopic (exact) mass is 372 g/mol. The third-order valence-corrected chi connectivity index (χ3v) is 5.59. The number of carbonyl (C=O) groups is 1. The van der Waals surface area contributed by atoms with Crippen LogP contribution in [0.3, 0.4) is 0 Å². The van der Waals surface area contributed by atoms with Crippen LogP contribution in [0.5, 0.6) is 5.75 Å². The number of Topliss-reactive ketones (excluding diaryl/α,β-unsaturated/α-hetero) is 1. The van der Waals surface area contributed by atoms with E-state index in [9.17, 15) is 4.79 Å². The normalized spacial score (nSPS) is 20.9. The molecular weight excluding hydrogens is 347 g/mol. The zero-order valence-corrected chi connectivity index (χ0v) is 16.3. The van der Waals surface area contributed by atoms with Crippen molar-refractivity contribution in [3.8, 4) is 5.75 Å². The minimum atomic E-state index is -0.325. The fraction of sp³-hybridized carbons (Fsp3) is 0.500. The van der Waals surface area contributed by atoms with Crippen molar-refractivity contribution in [2.75, 3.05) is 51.8 Å². The number of likely N-dealkylation sites (N-methyl/N-ethyl adjacent to an activating group) is 1. The van der Waals surface area contributed by atoms with Gasteiger partial charge in [-0.25, -0.2) is 4.39 Å². The third kappa shape index (κ3) is 2.81. The lowest BCUT2D eigenvalue weighted by Gasteiger charge is -2.37. The van der Waals surface area contributed by atoms with Crippen LogP contribution < -0.4 is 15.0 Å². The van der Waals surface area contributed by atoms with Gasteiger partial charge in [-0.1, -0.05) is 0 Å². The number of piperazine rings is 1. The highest BCUT2D eigenvalue weighted by atomic mass is 19.1. The van der Waals surface area contributed by atoms with Crippen molar-refractivity contribution in [3.05, 3.63) is 29.0 Å². The van der Waals surface area contributed by atoms with E-state index in [2.05, 4.69) is 21.8 Å². The van der Waals surface area contributed by atoms with E-state index in [-0.39, 0.29) is 17.6 Å². The Balaban J connectivity index is 2.04. The van der Waals surface area contributed by atoms with Gasteiger partial charge in [0.25, 0.3) is 0 Å². The first-order valence-electron chi connectivity index (χ1n) is 9.33. The smallest absolute Gasteiger partial charge is 0.170 e. The third-order valence-electron chi connectivity index (χ3n) is 5.59. The van der Waals surface area contributed by atoms with Crippen molar-refractivity contribution in [1.82, 2.24) is 9.47 Å². The Bertz CT molecular complexity index is 990. The predicted octanol–water partition coefficient (Wildman–Crippen LogP) is 2.22. The average Bonchev–Trinajstić information content (AvgIpc) is 2.64. The van der Waals surface area contributed by atoms with E-state index in [0.717, 1.165) is 31.7 Å². The SMILES string of the molecule is CN=c1c(C(C)=O)cn2c3c(c(N4CCN(C)CC4)c(F)cc13)OC[C@@H]2C. The molecule has 6 nitrogen and oxygen atoms in total. The summed E-state index contributed by atoms with van der Waals surface area (Å²) < 4.78 is 23.4. The first-order chi connectivity index (χ1) is 12.9. The fourth-order valence-electron chi connectivity index (χ4n) is 4.04. The molecule has 3 heterocycles. The largest absolute Gasteiger partial charge is 0.487 e. The first kappa shape index (κ1) is 18.0. The molecule has 1 aromatic carbocycles. The summed E-state index contributed by atoms with van der Waals surface area (Å²) in [7, 11) is 3.70. The van der Waals surface area contributed by atoms with Crippen molar-refractivity contribution in [2.24, 2.45) is 4.99 Å². The van der Waals surface area contributed by atoms with E-state index in [0.29, 0.717) is 34.4 Å². The maximum atomic E-state index is 15.3. The van der Waals surface area contributed by atoms with Gasteiger partial charge < -0.3 is 19.1 Å². The highest BCUT2D eigenvalue weighted by molar-refractivity contribution is 5.99. The molecular formula is C20H25FN4O2. The van der Waals surface area contributed by atoms with Gasteiger partial charge in [-0.15, -0.1) is 0 Å². The highest BCUT2D eigenvalue weighted by Gasteiger charge is 2.30. The van der Waals surface area contributed by atoms with Crippen molar-refractivity contribution in [1.29, 1.82) is 0 Å². The van der Waals surface area contributed by atoms with Gasteiger partial charge in [-0.3, -0.25) is 9.79 Å². The van der Waals surface area contributed by atoms with E-state index in [1.165, 1.54) is 13.0 Å². The van der Waals surface area contributed by atoms with Crippen LogP contribution in [0.2, 0.25) is 0 Å². The van der Waals surface area contributed by atoms with Crippen molar-refractivity contribution in [3.63, 3.8) is 0 Å². The summed E-state index contributed by atoms with van der Waals surface area (Å²) in [6.45, 7) is 7.26. The van der Waals surface area contributed by atoms with Gasteiger partial charge in [0, 0.05) is 44.8 Å². The molecule has 0 spiro atoms. The molecule has 0 saturated carbocycles. The van der Waals surface area contributed by atoms with E-state index >= 15 is 4.39 Å². The van der Waals surface area contributed by atoms with Crippen LogP contribution in [0.25, 0.3) is 10.9 Å². The van der Waals surface area contributed by atoms with Crippen LogP contribution in [0.1, 0.15) is 30.2 Å². The van der Waals surface area contributed by atoms with Crippen LogP contribution in [0.4, 0.5) is 10.1 Å². The summed E-state index contributed by atoms with van der Waals surface area (Å²) in [4.78, 5) is 20.8. The molecule has 1 aromatic heterocycles. The Labute approximate surface area is 157 Å². The maximum absolute atomic E-state index is 15.3. The van der Waals surface area contributed by atoms with Crippen LogP contribution in [-0.4, -0.2) is 62.1 Å². The number of ketones is 1. The van der Waals surface area contributed by atoms with Gasteiger partial charge in [0.1, 0.15) is 12.3 Å². The summed E-state index contributed by atoms with van der Waals surface area (Å²) in [6.07, 6.45) is 1.84. The Morgan fingerprint density at radius 1 is 1.30 bits per heavy atom. The quantitative estimate of drug-likeness (QED) is 0.759.